The van der Waals surface area contributed by atoms with E-state index in [9.17, 15) is 4.79 Å². The Labute approximate surface area is 160 Å². The lowest BCUT2D eigenvalue weighted by Gasteiger charge is -2.37. The van der Waals surface area contributed by atoms with Crippen molar-refractivity contribution in [2.75, 3.05) is 31.1 Å². The number of benzene rings is 2. The number of carbonyl (C=O) groups excluding carboxylic acids is 1. The Morgan fingerprint density at radius 2 is 1.67 bits per heavy atom. The highest BCUT2D eigenvalue weighted by Crippen LogP contribution is 2.27. The molecule has 1 aromatic heterocycles. The fraction of sp³-hybridized carbons (Fsp3) is 0.348. The van der Waals surface area contributed by atoms with Crippen molar-refractivity contribution in [2.45, 2.75) is 27.2 Å². The molecule has 1 aliphatic heterocycles. The predicted molar refractivity (Wildman–Crippen MR) is 111 cm³/mol. The fourth-order valence-electron chi connectivity index (χ4n) is 4.40. The van der Waals surface area contributed by atoms with Gasteiger partial charge in [0, 0.05) is 49.0 Å². The number of nitrogens with zero attached hydrogens (tertiary/aromatic N) is 2. The second kappa shape index (κ2) is 7.10. The molecule has 0 aliphatic carbocycles. The van der Waals surface area contributed by atoms with Crippen molar-refractivity contribution in [1.82, 2.24) is 9.88 Å². The zero-order valence-corrected chi connectivity index (χ0v) is 16.4. The van der Waals surface area contributed by atoms with E-state index in [1.165, 1.54) is 22.4 Å². The summed E-state index contributed by atoms with van der Waals surface area (Å²) in [5.41, 5.74) is 7.47. The zero-order chi connectivity index (χ0) is 19.0. The predicted octanol–water partition coefficient (Wildman–Crippen LogP) is 3.98. The number of aryl methyl sites for hydroxylation is 3. The Hall–Kier alpha value is -2.75. The van der Waals surface area contributed by atoms with Crippen molar-refractivity contribution < 1.29 is 4.79 Å². The van der Waals surface area contributed by atoms with Crippen LogP contribution in [-0.4, -0.2) is 42.0 Å². The van der Waals surface area contributed by atoms with Crippen molar-refractivity contribution in [2.24, 2.45) is 0 Å². The molecule has 27 heavy (non-hydrogen) atoms. The summed E-state index contributed by atoms with van der Waals surface area (Å²) in [4.78, 5) is 20.5. The fourth-order valence-corrected chi connectivity index (χ4v) is 4.40. The van der Waals surface area contributed by atoms with Gasteiger partial charge in [0.05, 0.1) is 6.42 Å². The van der Waals surface area contributed by atoms with Gasteiger partial charge in [0.2, 0.25) is 5.91 Å². The highest BCUT2D eigenvalue weighted by Gasteiger charge is 2.23. The topological polar surface area (TPSA) is 39.3 Å². The maximum atomic E-state index is 12.8. The summed E-state index contributed by atoms with van der Waals surface area (Å²) in [6.07, 6.45) is 2.43. The van der Waals surface area contributed by atoms with Crippen LogP contribution in [0.15, 0.2) is 42.6 Å². The summed E-state index contributed by atoms with van der Waals surface area (Å²) >= 11 is 0. The Balaban J connectivity index is 1.43. The molecule has 0 spiro atoms. The molecule has 2 aromatic carbocycles. The Bertz CT molecular complexity index is 957. The standard InChI is InChI=1S/C23H27N3O/c1-16-12-17(2)23(18(3)13-16)26-10-8-25(9-11-26)22(27)14-19-15-24-21-7-5-4-6-20(19)21/h4-7,12-13,15,24H,8-11,14H2,1-3H3. The van der Waals surface area contributed by atoms with E-state index in [0.717, 1.165) is 42.6 Å². The first-order valence-corrected chi connectivity index (χ1v) is 9.68. The van der Waals surface area contributed by atoms with Gasteiger partial charge >= 0.3 is 0 Å². The molecule has 0 atom stereocenters. The number of aromatic nitrogens is 1. The zero-order valence-electron chi connectivity index (χ0n) is 16.4. The maximum absolute atomic E-state index is 12.8. The van der Waals surface area contributed by atoms with Gasteiger partial charge in [0.1, 0.15) is 0 Å². The summed E-state index contributed by atoms with van der Waals surface area (Å²) in [5.74, 6) is 0.219. The smallest absolute Gasteiger partial charge is 0.227 e. The van der Waals surface area contributed by atoms with E-state index in [2.05, 4.69) is 48.9 Å². The highest BCUT2D eigenvalue weighted by atomic mass is 16.2. The van der Waals surface area contributed by atoms with Crippen LogP contribution in [0.2, 0.25) is 0 Å². The van der Waals surface area contributed by atoms with Crippen LogP contribution in [0.25, 0.3) is 10.9 Å². The Morgan fingerprint density at radius 1 is 1.00 bits per heavy atom. The van der Waals surface area contributed by atoms with Crippen molar-refractivity contribution in [3.05, 3.63) is 64.8 Å². The first-order valence-electron chi connectivity index (χ1n) is 9.68. The van der Waals surface area contributed by atoms with Gasteiger partial charge in [-0.25, -0.2) is 0 Å². The van der Waals surface area contributed by atoms with Crippen LogP contribution in [0, 0.1) is 20.8 Å². The van der Waals surface area contributed by atoms with Crippen LogP contribution in [-0.2, 0) is 11.2 Å². The van der Waals surface area contributed by atoms with Crippen LogP contribution >= 0.6 is 0 Å². The van der Waals surface area contributed by atoms with Crippen LogP contribution < -0.4 is 4.90 Å². The highest BCUT2D eigenvalue weighted by molar-refractivity contribution is 5.89. The number of aromatic amines is 1. The minimum atomic E-state index is 0.219. The first-order chi connectivity index (χ1) is 13.0. The molecule has 0 bridgehead atoms. The molecule has 0 unspecified atom stereocenters. The van der Waals surface area contributed by atoms with Crippen molar-refractivity contribution in [3.8, 4) is 0 Å². The molecule has 1 amide bonds. The monoisotopic (exact) mass is 361 g/mol. The lowest BCUT2D eigenvalue weighted by atomic mass is 10.0. The number of carbonyl (C=O) groups is 1. The van der Waals surface area contributed by atoms with Crippen molar-refractivity contribution >= 4 is 22.5 Å². The summed E-state index contributed by atoms with van der Waals surface area (Å²) in [6.45, 7) is 9.87. The third-order valence-corrected chi connectivity index (χ3v) is 5.60. The number of hydrogen-bond donors (Lipinski definition) is 1. The van der Waals surface area contributed by atoms with Crippen molar-refractivity contribution in [3.63, 3.8) is 0 Å². The molecule has 0 radical (unpaired) electrons. The van der Waals surface area contributed by atoms with Gasteiger partial charge < -0.3 is 14.8 Å². The van der Waals surface area contributed by atoms with E-state index < -0.39 is 0 Å². The van der Waals surface area contributed by atoms with Crippen LogP contribution in [0.1, 0.15) is 22.3 Å². The number of hydrogen-bond acceptors (Lipinski definition) is 2. The van der Waals surface area contributed by atoms with Crippen molar-refractivity contribution in [1.29, 1.82) is 0 Å². The van der Waals surface area contributed by atoms with Gasteiger partial charge in [0.25, 0.3) is 0 Å². The van der Waals surface area contributed by atoms with Crippen LogP contribution in [0.4, 0.5) is 5.69 Å². The number of piperazine rings is 1. The third-order valence-electron chi connectivity index (χ3n) is 5.60. The molecule has 1 fully saturated rings. The molecule has 4 heteroatoms. The summed E-state index contributed by atoms with van der Waals surface area (Å²) < 4.78 is 0. The summed E-state index contributed by atoms with van der Waals surface area (Å²) in [5, 5.41) is 1.15. The molecule has 2 heterocycles. The molecular weight excluding hydrogens is 334 g/mol. The van der Waals surface area contributed by atoms with E-state index >= 15 is 0 Å². The van der Waals surface area contributed by atoms with Crippen LogP contribution in [0.5, 0.6) is 0 Å². The number of anilines is 1. The lowest BCUT2D eigenvalue weighted by Crippen LogP contribution is -2.49. The van der Waals surface area contributed by atoms with E-state index in [0.29, 0.717) is 6.42 Å². The average Bonchev–Trinajstić information content (AvgIpc) is 3.04. The van der Waals surface area contributed by atoms with E-state index in [1.807, 2.05) is 29.3 Å². The molecule has 3 aromatic rings. The largest absolute Gasteiger partial charge is 0.368 e. The molecule has 1 aliphatic rings. The minimum absolute atomic E-state index is 0.219. The molecule has 1 N–H and O–H groups in total. The van der Waals surface area contributed by atoms with E-state index in [4.69, 9.17) is 0 Å². The molecule has 4 nitrogen and oxygen atoms in total. The first kappa shape index (κ1) is 17.7. The number of para-hydroxylation sites is 1. The molecule has 4 rings (SSSR count). The van der Waals surface area contributed by atoms with Gasteiger partial charge in [-0.3, -0.25) is 4.79 Å². The molecule has 140 valence electrons. The molecule has 1 saturated heterocycles. The van der Waals surface area contributed by atoms with Gasteiger partial charge in [-0.15, -0.1) is 0 Å². The second-order valence-electron chi connectivity index (χ2n) is 7.65. The quantitative estimate of drug-likeness (QED) is 0.766. The lowest BCUT2D eigenvalue weighted by molar-refractivity contribution is -0.130. The van der Waals surface area contributed by atoms with Gasteiger partial charge in [-0.1, -0.05) is 35.9 Å². The van der Waals surface area contributed by atoms with Gasteiger partial charge in [0.15, 0.2) is 0 Å². The normalized spacial score (nSPS) is 14.8. The Morgan fingerprint density at radius 3 is 2.37 bits per heavy atom. The molecule has 0 saturated carbocycles. The van der Waals surface area contributed by atoms with Gasteiger partial charge in [-0.2, -0.15) is 0 Å². The summed E-state index contributed by atoms with van der Waals surface area (Å²) in [7, 11) is 0. The Kier molecular flexibility index (Phi) is 4.65. The SMILES string of the molecule is Cc1cc(C)c(N2CCN(C(=O)Cc3c[nH]c4ccccc34)CC2)c(C)c1. The molecular formula is C23H27N3O. The average molecular weight is 361 g/mol. The number of nitrogens with one attached hydrogen (secondary N) is 1. The number of rotatable bonds is 3. The van der Waals surface area contributed by atoms with Crippen LogP contribution in [0.3, 0.4) is 0 Å². The van der Waals surface area contributed by atoms with Gasteiger partial charge in [-0.05, 0) is 43.5 Å². The second-order valence-corrected chi connectivity index (χ2v) is 7.65. The summed E-state index contributed by atoms with van der Waals surface area (Å²) in [6, 6.07) is 12.7. The third kappa shape index (κ3) is 3.44. The number of H-pyrrole nitrogens is 1. The minimum Gasteiger partial charge on any atom is -0.368 e. The maximum Gasteiger partial charge on any atom is 0.227 e. The van der Waals surface area contributed by atoms with E-state index in [-0.39, 0.29) is 5.91 Å². The number of fused-ring (bicyclic) bond motifs is 1. The number of amides is 1. The van der Waals surface area contributed by atoms with E-state index in [1.54, 1.807) is 0 Å².